The van der Waals surface area contributed by atoms with Gasteiger partial charge in [0.2, 0.25) is 0 Å². The largest absolute Gasteiger partial charge is 0.494 e. The third kappa shape index (κ3) is 5.93. The fraction of sp³-hybridized carbons (Fsp3) is 0.269. The second-order valence-corrected chi connectivity index (χ2v) is 7.15. The molecule has 6 nitrogen and oxygen atoms in total. The average molecular weight is 457 g/mol. The summed E-state index contributed by atoms with van der Waals surface area (Å²) in [5.74, 6) is -2.06. The van der Waals surface area contributed by atoms with Crippen molar-refractivity contribution in [3.05, 3.63) is 71.1 Å². The predicted molar refractivity (Wildman–Crippen MR) is 128 cm³/mol. The monoisotopic (exact) mass is 456 g/mol. The summed E-state index contributed by atoms with van der Waals surface area (Å²) in [6.45, 7) is -7.14. The van der Waals surface area contributed by atoms with Crippen molar-refractivity contribution in [2.45, 2.75) is 20.2 Å². The van der Waals surface area contributed by atoms with Gasteiger partial charge in [-0.1, -0.05) is 6.08 Å². The number of likely N-dealkylation sites (N-methyl/N-ethyl adjacent to an activating group) is 1. The van der Waals surface area contributed by atoms with Crippen molar-refractivity contribution in [1.82, 2.24) is 9.88 Å². The Balaban J connectivity index is 2.27. The van der Waals surface area contributed by atoms with E-state index < -0.39 is 56.1 Å². The van der Waals surface area contributed by atoms with Crippen molar-refractivity contribution < 1.29 is 27.6 Å². The highest BCUT2D eigenvalue weighted by molar-refractivity contribution is 5.98. The fourth-order valence-corrected chi connectivity index (χ4v) is 2.97. The third-order valence-corrected chi connectivity index (χ3v) is 4.49. The van der Waals surface area contributed by atoms with E-state index in [1.165, 1.54) is 32.0 Å². The molecule has 0 spiro atoms. The second-order valence-electron chi connectivity index (χ2n) is 7.15. The zero-order valence-electron chi connectivity index (χ0n) is 28.1. The van der Waals surface area contributed by atoms with Crippen LogP contribution in [0.15, 0.2) is 48.6 Å². The molecule has 1 heterocycles. The number of nitriles is 1. The quantitative estimate of drug-likeness (QED) is 0.460. The second kappa shape index (κ2) is 10.7. The first-order chi connectivity index (χ1) is 19.7. The number of pyridine rings is 1. The van der Waals surface area contributed by atoms with Crippen LogP contribution < -0.4 is 10.1 Å². The van der Waals surface area contributed by atoms with Crippen LogP contribution in [0.25, 0.3) is 10.9 Å². The van der Waals surface area contributed by atoms with Crippen molar-refractivity contribution in [2.75, 3.05) is 32.5 Å². The van der Waals surface area contributed by atoms with Crippen LogP contribution in [-0.2, 0) is 11.2 Å². The maximum absolute atomic E-state index is 14.3. The fourth-order valence-electron chi connectivity index (χ4n) is 2.97. The Morgan fingerprint density at radius 3 is 3.00 bits per heavy atom. The number of nitrogens with one attached hydrogen (secondary N) is 1. The van der Waals surface area contributed by atoms with Crippen molar-refractivity contribution in [2.24, 2.45) is 0 Å². The molecule has 0 fully saturated rings. The van der Waals surface area contributed by atoms with Gasteiger partial charge in [-0.25, -0.2) is 4.39 Å². The molecular weight excluding hydrogens is 419 g/mol. The van der Waals surface area contributed by atoms with Crippen molar-refractivity contribution >= 4 is 28.1 Å². The first kappa shape index (κ1) is 13.7. The number of carbonyl (C=O) groups is 1. The average Bonchev–Trinajstić information content (AvgIpc) is 2.91. The standard InChI is InChI=1S/C26H27FN4O2/c1-5-33-25-14-24-22(13-18(25)12-21(32)7-6-10-31(3)4)26(19(15-28)16-29-24)30-20-8-9-23(27)17(2)11-20/h6-9,11,13-14,16H,5,10,12H2,1-4H3,(H,29,30)/b7-6+/i1D3,5D2,8D,9D,10D2,11D. The number of benzene rings is 2. The van der Waals surface area contributed by atoms with E-state index in [1.54, 1.807) is 0 Å². The summed E-state index contributed by atoms with van der Waals surface area (Å²) in [7, 11) is 2.93. The number of rotatable bonds is 9. The molecule has 7 heteroatoms. The molecule has 1 N–H and O–H groups in total. The van der Waals surface area contributed by atoms with E-state index in [0.29, 0.717) is 0 Å². The van der Waals surface area contributed by atoms with E-state index >= 15 is 0 Å². The van der Waals surface area contributed by atoms with Gasteiger partial charge >= 0.3 is 0 Å². The minimum Gasteiger partial charge on any atom is -0.494 e. The molecule has 0 saturated heterocycles. The van der Waals surface area contributed by atoms with Gasteiger partial charge in [0.15, 0.2) is 5.78 Å². The Morgan fingerprint density at radius 2 is 2.27 bits per heavy atom. The van der Waals surface area contributed by atoms with Crippen LogP contribution in [0.2, 0.25) is 0 Å². The third-order valence-electron chi connectivity index (χ3n) is 4.49. The first-order valence-corrected chi connectivity index (χ1v) is 9.69. The van der Waals surface area contributed by atoms with Crippen LogP contribution in [0.1, 0.15) is 37.2 Å². The first-order valence-electron chi connectivity index (χ1n) is 14.7. The Morgan fingerprint density at radius 1 is 1.45 bits per heavy atom. The van der Waals surface area contributed by atoms with Crippen molar-refractivity contribution in [1.29, 1.82) is 5.26 Å². The van der Waals surface area contributed by atoms with Crippen LogP contribution in [0.5, 0.6) is 5.75 Å². The molecule has 0 aliphatic heterocycles. The molecule has 0 radical (unpaired) electrons. The Labute approximate surface area is 207 Å². The van der Waals surface area contributed by atoms with E-state index in [1.807, 2.05) is 6.07 Å². The highest BCUT2D eigenvalue weighted by Crippen LogP contribution is 2.34. The minimum absolute atomic E-state index is 0.0292. The Bertz CT molecular complexity index is 1640. The van der Waals surface area contributed by atoms with Gasteiger partial charge in [-0.2, -0.15) is 5.26 Å². The number of halogens is 1. The van der Waals surface area contributed by atoms with Crippen molar-refractivity contribution in [3.63, 3.8) is 0 Å². The summed E-state index contributed by atoms with van der Waals surface area (Å²) in [5, 5.41) is 12.7. The van der Waals surface area contributed by atoms with Crippen LogP contribution in [-0.4, -0.2) is 42.8 Å². The summed E-state index contributed by atoms with van der Waals surface area (Å²) in [6, 6.07) is 2.50. The van der Waals surface area contributed by atoms with Gasteiger partial charge in [-0.3, -0.25) is 9.78 Å². The molecule has 0 bridgehead atoms. The summed E-state index contributed by atoms with van der Waals surface area (Å²) in [4.78, 5) is 18.3. The Hall–Kier alpha value is -3.76. The van der Waals surface area contributed by atoms with E-state index in [0.717, 1.165) is 24.4 Å². The normalized spacial score (nSPS) is 16.8. The van der Waals surface area contributed by atoms with Crippen LogP contribution in [0.3, 0.4) is 0 Å². The highest BCUT2D eigenvalue weighted by Gasteiger charge is 2.16. The highest BCUT2D eigenvalue weighted by atomic mass is 19.1. The van der Waals surface area contributed by atoms with Gasteiger partial charge < -0.3 is 15.0 Å². The van der Waals surface area contributed by atoms with E-state index in [9.17, 15) is 14.4 Å². The SMILES string of the molecule is [2H]c1c([2H])c(Nc2c(C#N)cnc3cc(OC([2H])([2H])C([2H])([2H])[2H])c(CC(=O)/C=C/C([2H])([2H])N(C)C)cc23)c([2H])c(C)c1F. The number of hydrogen-bond donors (Lipinski definition) is 1. The van der Waals surface area contributed by atoms with E-state index in [-0.39, 0.29) is 44.7 Å². The summed E-state index contributed by atoms with van der Waals surface area (Å²) in [5.41, 5.74) is -0.621. The predicted octanol–water partition coefficient (Wildman–Crippen LogP) is 4.93. The zero-order chi connectivity index (χ0) is 32.7. The molecular formula is C26H27FN4O2. The number of fused-ring (bicyclic) bond motifs is 1. The van der Waals surface area contributed by atoms with E-state index in [4.69, 9.17) is 18.4 Å². The lowest BCUT2D eigenvalue weighted by Gasteiger charge is -2.15. The van der Waals surface area contributed by atoms with Crippen LogP contribution >= 0.6 is 0 Å². The van der Waals surface area contributed by atoms with Gasteiger partial charge in [-0.15, -0.1) is 0 Å². The molecule has 33 heavy (non-hydrogen) atoms. The molecule has 170 valence electrons. The summed E-state index contributed by atoms with van der Waals surface area (Å²) >= 11 is 0. The number of ether oxygens (including phenoxy) is 1. The lowest BCUT2D eigenvalue weighted by Crippen LogP contribution is -2.11. The van der Waals surface area contributed by atoms with Gasteiger partial charge in [0, 0.05) is 48.7 Å². The molecule has 3 aromatic rings. The molecule has 0 aliphatic carbocycles. The molecule has 0 saturated carbocycles. The number of nitrogens with zero attached hydrogens (tertiary/aromatic N) is 3. The van der Waals surface area contributed by atoms with Gasteiger partial charge in [-0.05, 0) is 63.7 Å². The van der Waals surface area contributed by atoms with Gasteiger partial charge in [0.1, 0.15) is 17.6 Å². The molecule has 1 aromatic heterocycles. The lowest BCUT2D eigenvalue weighted by atomic mass is 10.0. The summed E-state index contributed by atoms with van der Waals surface area (Å²) < 4.78 is 98.3. The molecule has 2 aromatic carbocycles. The Kier molecular flexibility index (Phi) is 4.45. The van der Waals surface area contributed by atoms with Crippen LogP contribution in [0, 0.1) is 24.1 Å². The van der Waals surface area contributed by atoms with Crippen LogP contribution in [0.4, 0.5) is 15.8 Å². The van der Waals surface area contributed by atoms with Crippen molar-refractivity contribution in [3.8, 4) is 11.8 Å². The minimum atomic E-state index is -3.22. The number of allylic oxidation sites excluding steroid dienone is 1. The molecule has 0 atom stereocenters. The van der Waals surface area contributed by atoms with E-state index in [2.05, 4.69) is 10.3 Å². The number of hydrogen-bond acceptors (Lipinski definition) is 6. The topological polar surface area (TPSA) is 78.2 Å². The smallest absolute Gasteiger partial charge is 0.159 e. The maximum atomic E-state index is 14.3. The number of carbonyl (C=O) groups excluding carboxylic acids is 1. The van der Waals surface area contributed by atoms with Gasteiger partial charge in [0.05, 0.1) is 30.2 Å². The number of anilines is 2. The maximum Gasteiger partial charge on any atom is 0.159 e. The number of aromatic nitrogens is 1. The molecule has 0 unspecified atom stereocenters. The summed E-state index contributed by atoms with van der Waals surface area (Å²) in [6.07, 6.45) is 2.60. The molecule has 0 amide bonds. The molecule has 3 rings (SSSR count). The lowest BCUT2D eigenvalue weighted by molar-refractivity contribution is -0.114. The molecule has 0 aliphatic rings. The van der Waals surface area contributed by atoms with Gasteiger partial charge in [0.25, 0.3) is 0 Å². The number of ketones is 1. The zero-order valence-corrected chi connectivity index (χ0v) is 18.1.